The molecule has 0 aromatic rings. The molecule has 2 unspecified atom stereocenters. The standard InChI is InChI=1S/C23H32O4/c1-2-3-10-15-21(20-24)16-11-8-9-13-18-22(25)17-12-6-4-5-7-14-19-23(26)27/h3,5-13,16,18,20-22,25H,2,4,14-15,17,19H2,1H3,(H,26,27). The molecule has 0 aromatic carbocycles. The number of aliphatic hydroxyl groups is 1. The van der Waals surface area contributed by atoms with E-state index in [1.807, 2.05) is 54.7 Å². The molecule has 27 heavy (non-hydrogen) atoms. The summed E-state index contributed by atoms with van der Waals surface area (Å²) in [5.41, 5.74) is 0. The normalized spacial score (nSPS) is 15.2. The van der Waals surface area contributed by atoms with E-state index in [1.165, 1.54) is 0 Å². The van der Waals surface area contributed by atoms with Crippen LogP contribution in [-0.2, 0) is 9.59 Å². The summed E-state index contributed by atoms with van der Waals surface area (Å²) >= 11 is 0. The van der Waals surface area contributed by atoms with Gasteiger partial charge in [0.25, 0.3) is 0 Å². The second-order valence-electron chi connectivity index (χ2n) is 5.98. The molecule has 0 amide bonds. The Kier molecular flexibility index (Phi) is 16.7. The third-order valence-corrected chi connectivity index (χ3v) is 3.52. The fraction of sp³-hybridized carbons (Fsp3) is 0.391. The van der Waals surface area contributed by atoms with E-state index in [4.69, 9.17) is 5.11 Å². The lowest BCUT2D eigenvalue weighted by Gasteiger charge is -1.99. The minimum Gasteiger partial charge on any atom is -0.481 e. The number of hydrogen-bond donors (Lipinski definition) is 2. The number of aliphatic hydroxyl groups excluding tert-OH is 1. The zero-order valence-electron chi connectivity index (χ0n) is 16.1. The van der Waals surface area contributed by atoms with Crippen LogP contribution in [0.1, 0.15) is 45.4 Å². The van der Waals surface area contributed by atoms with Crippen molar-refractivity contribution >= 4 is 12.3 Å². The molecule has 2 N–H and O–H groups in total. The SMILES string of the molecule is CCC=CCC(C=O)C=CC=CC=CC(O)CC=CCC=CCCC(=O)O. The Morgan fingerprint density at radius 1 is 0.889 bits per heavy atom. The van der Waals surface area contributed by atoms with Gasteiger partial charge in [-0.05, 0) is 32.1 Å². The first-order valence-corrected chi connectivity index (χ1v) is 9.41. The first-order chi connectivity index (χ1) is 13.1. The van der Waals surface area contributed by atoms with E-state index < -0.39 is 12.1 Å². The van der Waals surface area contributed by atoms with Crippen LogP contribution in [0.5, 0.6) is 0 Å². The van der Waals surface area contributed by atoms with Crippen LogP contribution < -0.4 is 0 Å². The van der Waals surface area contributed by atoms with Crippen LogP contribution >= 0.6 is 0 Å². The van der Waals surface area contributed by atoms with Crippen molar-refractivity contribution in [3.05, 3.63) is 72.9 Å². The molecular formula is C23H32O4. The van der Waals surface area contributed by atoms with Crippen molar-refractivity contribution in [3.8, 4) is 0 Å². The molecule has 0 radical (unpaired) electrons. The van der Waals surface area contributed by atoms with Gasteiger partial charge in [0.2, 0.25) is 0 Å². The molecule has 0 heterocycles. The largest absolute Gasteiger partial charge is 0.481 e. The maximum absolute atomic E-state index is 10.9. The maximum atomic E-state index is 10.9. The van der Waals surface area contributed by atoms with E-state index in [2.05, 4.69) is 13.0 Å². The number of carbonyl (C=O) groups excluding carboxylic acids is 1. The Labute approximate surface area is 163 Å². The number of carboxylic acids is 1. The molecule has 0 bridgehead atoms. The molecular weight excluding hydrogens is 340 g/mol. The third-order valence-electron chi connectivity index (χ3n) is 3.52. The van der Waals surface area contributed by atoms with Gasteiger partial charge in [-0.2, -0.15) is 0 Å². The average molecular weight is 373 g/mol. The molecule has 0 fully saturated rings. The monoisotopic (exact) mass is 372 g/mol. The van der Waals surface area contributed by atoms with Gasteiger partial charge < -0.3 is 15.0 Å². The summed E-state index contributed by atoms with van der Waals surface area (Å²) < 4.78 is 0. The summed E-state index contributed by atoms with van der Waals surface area (Å²) in [7, 11) is 0. The topological polar surface area (TPSA) is 74.6 Å². The van der Waals surface area contributed by atoms with E-state index in [0.29, 0.717) is 12.8 Å². The minimum atomic E-state index is -0.790. The van der Waals surface area contributed by atoms with Crippen molar-refractivity contribution < 1.29 is 19.8 Å². The lowest BCUT2D eigenvalue weighted by molar-refractivity contribution is -0.136. The summed E-state index contributed by atoms with van der Waals surface area (Å²) in [6, 6.07) is 0. The first kappa shape index (κ1) is 24.5. The van der Waals surface area contributed by atoms with Crippen molar-refractivity contribution in [1.29, 1.82) is 0 Å². The van der Waals surface area contributed by atoms with Gasteiger partial charge in [-0.15, -0.1) is 0 Å². The van der Waals surface area contributed by atoms with Crippen molar-refractivity contribution in [2.45, 2.75) is 51.6 Å². The molecule has 4 heteroatoms. The van der Waals surface area contributed by atoms with Gasteiger partial charge in [0.05, 0.1) is 6.10 Å². The van der Waals surface area contributed by atoms with Crippen LogP contribution in [0.15, 0.2) is 72.9 Å². The lowest BCUT2D eigenvalue weighted by Crippen LogP contribution is -1.98. The Balaban J connectivity index is 4.00. The summed E-state index contributed by atoms with van der Waals surface area (Å²) in [4.78, 5) is 21.3. The number of aliphatic carboxylic acids is 1. The van der Waals surface area contributed by atoms with Crippen LogP contribution in [0.2, 0.25) is 0 Å². The average Bonchev–Trinajstić information content (AvgIpc) is 2.65. The van der Waals surface area contributed by atoms with Crippen LogP contribution in [-0.4, -0.2) is 28.6 Å². The summed E-state index contributed by atoms with van der Waals surface area (Å²) in [6.45, 7) is 2.06. The van der Waals surface area contributed by atoms with Gasteiger partial charge in [0, 0.05) is 12.3 Å². The second-order valence-corrected chi connectivity index (χ2v) is 5.98. The predicted octanol–water partition coefficient (Wildman–Crippen LogP) is 4.94. The fourth-order valence-corrected chi connectivity index (χ4v) is 2.04. The highest BCUT2D eigenvalue weighted by Crippen LogP contribution is 2.04. The van der Waals surface area contributed by atoms with Gasteiger partial charge in [-0.25, -0.2) is 0 Å². The molecule has 4 nitrogen and oxygen atoms in total. The number of carboxylic acid groups (broad SMARTS) is 1. The van der Waals surface area contributed by atoms with Crippen LogP contribution in [0.3, 0.4) is 0 Å². The van der Waals surface area contributed by atoms with E-state index >= 15 is 0 Å². The fourth-order valence-electron chi connectivity index (χ4n) is 2.04. The number of rotatable bonds is 15. The van der Waals surface area contributed by atoms with Gasteiger partial charge in [0.15, 0.2) is 0 Å². The van der Waals surface area contributed by atoms with Gasteiger partial charge in [0.1, 0.15) is 6.29 Å². The zero-order chi connectivity index (χ0) is 20.2. The van der Waals surface area contributed by atoms with Crippen LogP contribution in [0.4, 0.5) is 0 Å². The molecule has 2 atom stereocenters. The molecule has 0 rings (SSSR count). The molecule has 0 aliphatic rings. The summed E-state index contributed by atoms with van der Waals surface area (Å²) in [5, 5.41) is 18.3. The van der Waals surface area contributed by atoms with Crippen LogP contribution in [0, 0.1) is 5.92 Å². The highest BCUT2D eigenvalue weighted by molar-refractivity contribution is 5.66. The number of hydrogen-bond acceptors (Lipinski definition) is 3. The smallest absolute Gasteiger partial charge is 0.303 e. The van der Waals surface area contributed by atoms with Gasteiger partial charge in [-0.3, -0.25) is 4.79 Å². The maximum Gasteiger partial charge on any atom is 0.303 e. The molecule has 0 spiro atoms. The highest BCUT2D eigenvalue weighted by atomic mass is 16.4. The molecule has 148 valence electrons. The summed E-state index contributed by atoms with van der Waals surface area (Å²) in [5.74, 6) is -0.891. The number of aldehydes is 1. The quantitative estimate of drug-likeness (QED) is 0.242. The van der Waals surface area contributed by atoms with Crippen LogP contribution in [0.25, 0.3) is 0 Å². The van der Waals surface area contributed by atoms with E-state index in [-0.39, 0.29) is 12.3 Å². The highest BCUT2D eigenvalue weighted by Gasteiger charge is 1.97. The Morgan fingerprint density at radius 3 is 2.22 bits per heavy atom. The Morgan fingerprint density at radius 2 is 1.56 bits per heavy atom. The predicted molar refractivity (Wildman–Crippen MR) is 111 cm³/mol. The van der Waals surface area contributed by atoms with E-state index in [0.717, 1.165) is 25.5 Å². The minimum absolute atomic E-state index is 0.102. The Bertz CT molecular complexity index is 565. The second kappa shape index (κ2) is 18.3. The number of allylic oxidation sites excluding steroid dienone is 10. The van der Waals surface area contributed by atoms with E-state index in [1.54, 1.807) is 12.2 Å². The van der Waals surface area contributed by atoms with Crippen molar-refractivity contribution in [1.82, 2.24) is 0 Å². The lowest BCUT2D eigenvalue weighted by atomic mass is 10.1. The van der Waals surface area contributed by atoms with E-state index in [9.17, 15) is 14.7 Å². The molecule has 0 saturated carbocycles. The van der Waals surface area contributed by atoms with Crippen molar-refractivity contribution in [3.63, 3.8) is 0 Å². The molecule has 0 aliphatic carbocycles. The van der Waals surface area contributed by atoms with Gasteiger partial charge >= 0.3 is 5.97 Å². The zero-order valence-corrected chi connectivity index (χ0v) is 16.1. The summed E-state index contributed by atoms with van der Waals surface area (Å²) in [6.07, 6.45) is 26.6. The third kappa shape index (κ3) is 18.1. The molecule has 0 aromatic heterocycles. The van der Waals surface area contributed by atoms with Gasteiger partial charge in [-0.1, -0.05) is 79.8 Å². The first-order valence-electron chi connectivity index (χ1n) is 9.41. The van der Waals surface area contributed by atoms with Crippen molar-refractivity contribution in [2.75, 3.05) is 0 Å². The Hall–Kier alpha value is -2.46. The molecule has 0 aliphatic heterocycles. The van der Waals surface area contributed by atoms with Crippen molar-refractivity contribution in [2.24, 2.45) is 5.92 Å². The number of carbonyl (C=O) groups is 2. The molecule has 0 saturated heterocycles.